The number of sulfonamides is 1. The molecule has 1 atom stereocenters. The molecule has 4 rings (SSSR count). The van der Waals surface area contributed by atoms with Crippen molar-refractivity contribution in [1.82, 2.24) is 9.97 Å². The predicted molar refractivity (Wildman–Crippen MR) is 130 cm³/mol. The average molecular weight is 554 g/mol. The van der Waals surface area contributed by atoms with Crippen molar-refractivity contribution in [3.63, 3.8) is 0 Å². The summed E-state index contributed by atoms with van der Waals surface area (Å²) < 4.78 is 88.5. The summed E-state index contributed by atoms with van der Waals surface area (Å²) in [6.45, 7) is -0.208. The summed E-state index contributed by atoms with van der Waals surface area (Å²) in [4.78, 5) is 7.20. The lowest BCUT2D eigenvalue weighted by Gasteiger charge is -2.28. The van der Waals surface area contributed by atoms with E-state index in [1.807, 2.05) is 0 Å². The van der Waals surface area contributed by atoms with Gasteiger partial charge in [0.05, 0.1) is 33.6 Å². The highest BCUT2D eigenvalue weighted by atomic mass is 32.2. The summed E-state index contributed by atoms with van der Waals surface area (Å²) in [5.74, 6) is -0.259. The summed E-state index contributed by atoms with van der Waals surface area (Å²) in [5.41, 5.74) is 0.556. The molecule has 2 aromatic carbocycles. The number of anilines is 1. The van der Waals surface area contributed by atoms with Crippen LogP contribution >= 0.6 is 0 Å². The normalized spacial score (nSPS) is 15.4. The number of fused-ring (bicyclic) bond motifs is 1. The van der Waals surface area contributed by atoms with Crippen molar-refractivity contribution in [2.24, 2.45) is 0 Å². The maximum Gasteiger partial charge on any atom is 0.268 e. The van der Waals surface area contributed by atoms with Crippen LogP contribution in [0.15, 0.2) is 53.8 Å². The maximum absolute atomic E-state index is 15.4. The first-order chi connectivity index (χ1) is 17.5. The van der Waals surface area contributed by atoms with E-state index in [1.54, 1.807) is 18.2 Å². The molecule has 0 bridgehead atoms. The summed E-state index contributed by atoms with van der Waals surface area (Å²) in [7, 11) is -5.51. The number of ether oxygens (including phenoxy) is 3. The quantitative estimate of drug-likeness (QED) is 0.364. The van der Waals surface area contributed by atoms with E-state index in [4.69, 9.17) is 18.4 Å². The van der Waals surface area contributed by atoms with Crippen molar-refractivity contribution in [3.8, 4) is 17.2 Å². The number of nitrogens with zero attached hydrogens (tertiary/aromatic N) is 3. The predicted octanol–water partition coefficient (Wildman–Crippen LogP) is 2.83. The lowest BCUT2D eigenvalue weighted by atomic mass is 10.0. The SMILES string of the molecule is COc1ccc(CN(c2ccncn2)S(=O)(=O)c2cc3c(cc2F)C(OS(C)(=O)=O)CCO3)c(OC)c1. The number of aromatic nitrogens is 2. The molecule has 0 N–H and O–H groups in total. The third-order valence-electron chi connectivity index (χ3n) is 5.54. The molecule has 0 fully saturated rings. The Bertz CT molecular complexity index is 1500. The van der Waals surface area contributed by atoms with Crippen LogP contribution in [0.1, 0.15) is 23.7 Å². The lowest BCUT2D eigenvalue weighted by molar-refractivity contribution is 0.142. The van der Waals surface area contributed by atoms with Gasteiger partial charge in [-0.1, -0.05) is 0 Å². The number of hydrogen-bond donors (Lipinski definition) is 0. The van der Waals surface area contributed by atoms with Gasteiger partial charge in [0.2, 0.25) is 0 Å². The van der Waals surface area contributed by atoms with E-state index < -0.39 is 37.0 Å². The smallest absolute Gasteiger partial charge is 0.268 e. The Kier molecular flexibility index (Phi) is 7.52. The highest BCUT2D eigenvalue weighted by molar-refractivity contribution is 7.92. The largest absolute Gasteiger partial charge is 0.497 e. The summed E-state index contributed by atoms with van der Waals surface area (Å²) >= 11 is 0. The van der Waals surface area contributed by atoms with Crippen molar-refractivity contribution in [2.45, 2.75) is 24.0 Å². The monoisotopic (exact) mass is 553 g/mol. The van der Waals surface area contributed by atoms with Gasteiger partial charge in [0.25, 0.3) is 20.1 Å². The number of benzene rings is 2. The van der Waals surface area contributed by atoms with Gasteiger partial charge >= 0.3 is 0 Å². The molecule has 3 aromatic rings. The molecule has 1 aromatic heterocycles. The second-order valence-electron chi connectivity index (χ2n) is 8.00. The van der Waals surface area contributed by atoms with Gasteiger partial charge in [-0.25, -0.2) is 27.1 Å². The molecule has 2 heterocycles. The van der Waals surface area contributed by atoms with Crippen LogP contribution in [0.2, 0.25) is 0 Å². The molecule has 0 saturated carbocycles. The van der Waals surface area contributed by atoms with Gasteiger partial charge in [-0.2, -0.15) is 8.42 Å². The Morgan fingerprint density at radius 1 is 1.11 bits per heavy atom. The highest BCUT2D eigenvalue weighted by Gasteiger charge is 2.34. The molecular formula is C23H24FN3O8S2. The zero-order valence-electron chi connectivity index (χ0n) is 20.1. The molecule has 14 heteroatoms. The van der Waals surface area contributed by atoms with E-state index in [9.17, 15) is 16.8 Å². The highest BCUT2D eigenvalue weighted by Crippen LogP contribution is 2.39. The van der Waals surface area contributed by atoms with Crippen molar-refractivity contribution in [1.29, 1.82) is 0 Å². The average Bonchev–Trinajstić information content (AvgIpc) is 2.86. The molecule has 0 amide bonds. The Morgan fingerprint density at radius 2 is 1.89 bits per heavy atom. The number of hydrogen-bond acceptors (Lipinski definition) is 10. The van der Waals surface area contributed by atoms with Crippen LogP contribution in [0, 0.1) is 5.82 Å². The van der Waals surface area contributed by atoms with E-state index in [-0.39, 0.29) is 36.7 Å². The Balaban J connectivity index is 1.80. The minimum atomic E-state index is -4.57. The van der Waals surface area contributed by atoms with Crippen molar-refractivity contribution < 1.29 is 39.6 Å². The number of rotatable bonds is 9. The van der Waals surface area contributed by atoms with Crippen molar-refractivity contribution >= 4 is 26.0 Å². The molecule has 0 spiro atoms. The van der Waals surface area contributed by atoms with Crippen molar-refractivity contribution in [2.75, 3.05) is 31.4 Å². The molecule has 11 nitrogen and oxygen atoms in total. The lowest BCUT2D eigenvalue weighted by Crippen LogP contribution is -2.32. The number of halogens is 1. The van der Waals surface area contributed by atoms with Crippen LogP contribution in [0.4, 0.5) is 10.2 Å². The van der Waals surface area contributed by atoms with Crippen LogP contribution in [-0.2, 0) is 30.9 Å². The first-order valence-corrected chi connectivity index (χ1v) is 14.1. The fraction of sp³-hybridized carbons (Fsp3) is 0.304. The van der Waals surface area contributed by atoms with Gasteiger partial charge in [0.15, 0.2) is 0 Å². The first kappa shape index (κ1) is 26.6. The summed E-state index contributed by atoms with van der Waals surface area (Å²) in [6, 6.07) is 8.17. The van der Waals surface area contributed by atoms with Gasteiger partial charge in [-0.3, -0.25) is 4.18 Å². The topological polar surface area (TPSA) is 134 Å². The van der Waals surface area contributed by atoms with E-state index in [0.717, 1.165) is 22.7 Å². The van der Waals surface area contributed by atoms with E-state index in [2.05, 4.69) is 9.97 Å². The molecule has 0 radical (unpaired) electrons. The minimum Gasteiger partial charge on any atom is -0.497 e. The third kappa shape index (κ3) is 5.76. The number of methoxy groups -OCH3 is 2. The molecule has 1 unspecified atom stereocenters. The van der Waals surface area contributed by atoms with Crippen molar-refractivity contribution in [3.05, 3.63) is 65.9 Å². The van der Waals surface area contributed by atoms with Gasteiger partial charge in [0.1, 0.15) is 46.2 Å². The minimum absolute atomic E-state index is 0.00420. The summed E-state index contributed by atoms with van der Waals surface area (Å²) in [5, 5.41) is 0. The molecule has 1 aliphatic rings. The third-order valence-corrected chi connectivity index (χ3v) is 7.88. The standard InChI is InChI=1S/C23H24FN3O8S2/c1-32-16-5-4-15(20(10-16)33-2)13-27(23-6-8-25-14-26-23)37(30,31)22-12-21-17(11-18(22)24)19(7-9-34-21)35-36(3,28)29/h4-6,8,10-12,14,19H,7,9,13H2,1-3H3. The molecule has 0 aliphatic carbocycles. The second-order valence-corrected chi connectivity index (χ2v) is 11.4. The second kappa shape index (κ2) is 10.5. The molecule has 0 saturated heterocycles. The van der Waals surface area contributed by atoms with E-state index in [0.29, 0.717) is 17.1 Å². The van der Waals surface area contributed by atoms with Crippen LogP contribution < -0.4 is 18.5 Å². The van der Waals surface area contributed by atoms with Gasteiger partial charge in [-0.05, 0) is 18.2 Å². The molecule has 1 aliphatic heterocycles. The van der Waals surface area contributed by atoms with Gasteiger partial charge < -0.3 is 14.2 Å². The van der Waals surface area contributed by atoms with E-state index in [1.165, 1.54) is 32.8 Å². The van der Waals surface area contributed by atoms with Crippen LogP contribution in [0.25, 0.3) is 0 Å². The van der Waals surface area contributed by atoms with Gasteiger partial charge in [-0.15, -0.1) is 0 Å². The Morgan fingerprint density at radius 3 is 2.54 bits per heavy atom. The summed E-state index contributed by atoms with van der Waals surface area (Å²) in [6.07, 6.45) is 2.55. The van der Waals surface area contributed by atoms with Gasteiger partial charge in [0, 0.05) is 41.9 Å². The Labute approximate surface area is 214 Å². The Hall–Kier alpha value is -3.49. The van der Waals surface area contributed by atoms with Crippen LogP contribution in [0.5, 0.6) is 17.2 Å². The molecule has 37 heavy (non-hydrogen) atoms. The molecular weight excluding hydrogens is 529 g/mol. The molecule has 198 valence electrons. The first-order valence-electron chi connectivity index (χ1n) is 10.9. The van der Waals surface area contributed by atoms with Crippen LogP contribution in [0.3, 0.4) is 0 Å². The fourth-order valence-corrected chi connectivity index (χ4v) is 5.93. The fourth-order valence-electron chi connectivity index (χ4n) is 3.84. The van der Waals surface area contributed by atoms with E-state index >= 15 is 4.39 Å². The zero-order valence-corrected chi connectivity index (χ0v) is 21.8. The maximum atomic E-state index is 15.4. The zero-order chi connectivity index (χ0) is 26.8. The van der Waals surface area contributed by atoms with Crippen LogP contribution in [-0.4, -0.2) is 53.9 Å².